The summed E-state index contributed by atoms with van der Waals surface area (Å²) < 4.78 is 1.91. The average molecular weight is 275 g/mol. The minimum absolute atomic E-state index is 0.134. The summed E-state index contributed by atoms with van der Waals surface area (Å²) in [5.74, 6) is 0. The van der Waals surface area contributed by atoms with Gasteiger partial charge in [0.15, 0.2) is 0 Å². The summed E-state index contributed by atoms with van der Waals surface area (Å²) in [4.78, 5) is 19.3. The molecule has 0 bridgehead atoms. The van der Waals surface area contributed by atoms with Crippen molar-refractivity contribution in [1.82, 2.24) is 14.5 Å². The predicted octanol–water partition coefficient (Wildman–Crippen LogP) is 1.74. The Hall–Kier alpha value is -0.940. The monoisotopic (exact) mass is 273 g/mol. The second kappa shape index (κ2) is 3.33. The maximum absolute atomic E-state index is 11.5. The number of hydrogen-bond acceptors (Lipinski definition) is 3. The molecule has 0 aliphatic rings. The topological polar surface area (TPSA) is 47.8 Å². The number of rotatable bonds is 0. The summed E-state index contributed by atoms with van der Waals surface area (Å²) in [7, 11) is 1.64. The number of aryl methyl sites for hydroxylation is 1. The Kier molecular flexibility index (Phi) is 2.28. The molecule has 0 saturated heterocycles. The van der Waals surface area contributed by atoms with Crippen molar-refractivity contribution in [2.24, 2.45) is 7.05 Å². The minimum Gasteiger partial charge on any atom is -0.295 e. The third-order valence-corrected chi connectivity index (χ3v) is 2.63. The Morgan fingerprint density at radius 1 is 1.57 bits per heavy atom. The van der Waals surface area contributed by atoms with Crippen molar-refractivity contribution in [3.63, 3.8) is 0 Å². The van der Waals surface area contributed by atoms with E-state index in [0.717, 1.165) is 5.39 Å². The number of halogens is 2. The summed E-state index contributed by atoms with van der Waals surface area (Å²) in [5, 5.41) is 0.901. The first kappa shape index (κ1) is 9.61. The molecule has 0 atom stereocenters. The first-order valence-corrected chi connectivity index (χ1v) is 4.94. The van der Waals surface area contributed by atoms with E-state index in [4.69, 9.17) is 11.6 Å². The SMILES string of the molecule is Cn1c(=O)c(Br)cc2cnc(Cl)nc21. The molecule has 0 fully saturated rings. The summed E-state index contributed by atoms with van der Waals surface area (Å²) in [6.07, 6.45) is 1.58. The molecule has 0 aliphatic heterocycles. The zero-order valence-electron chi connectivity index (χ0n) is 7.16. The summed E-state index contributed by atoms with van der Waals surface area (Å²) in [5.41, 5.74) is 0.380. The lowest BCUT2D eigenvalue weighted by Gasteiger charge is -2.03. The lowest BCUT2D eigenvalue weighted by molar-refractivity contribution is 0.877. The van der Waals surface area contributed by atoms with Gasteiger partial charge in [0.1, 0.15) is 5.65 Å². The zero-order chi connectivity index (χ0) is 10.3. The number of pyridine rings is 1. The standard InChI is InChI=1S/C8H5BrClN3O/c1-13-6-4(2-5(9)7(13)14)3-11-8(10)12-6/h2-3H,1H3. The van der Waals surface area contributed by atoms with E-state index in [1.165, 1.54) is 4.57 Å². The molecule has 4 nitrogen and oxygen atoms in total. The van der Waals surface area contributed by atoms with Gasteiger partial charge in [0.2, 0.25) is 5.28 Å². The van der Waals surface area contributed by atoms with Gasteiger partial charge in [-0.1, -0.05) is 0 Å². The lowest BCUT2D eigenvalue weighted by atomic mass is 10.3. The van der Waals surface area contributed by atoms with Crippen LogP contribution in [-0.2, 0) is 7.05 Å². The van der Waals surface area contributed by atoms with Gasteiger partial charge in [-0.05, 0) is 33.6 Å². The molecule has 0 unspecified atom stereocenters. The van der Waals surface area contributed by atoms with Gasteiger partial charge in [-0.2, -0.15) is 4.98 Å². The van der Waals surface area contributed by atoms with E-state index < -0.39 is 0 Å². The Labute approximate surface area is 92.7 Å². The molecule has 2 heterocycles. The molecule has 0 aromatic carbocycles. The highest BCUT2D eigenvalue weighted by atomic mass is 79.9. The number of fused-ring (bicyclic) bond motifs is 1. The van der Waals surface area contributed by atoms with E-state index in [2.05, 4.69) is 25.9 Å². The van der Waals surface area contributed by atoms with Crippen LogP contribution >= 0.6 is 27.5 Å². The van der Waals surface area contributed by atoms with E-state index in [9.17, 15) is 4.79 Å². The van der Waals surface area contributed by atoms with Crippen LogP contribution < -0.4 is 5.56 Å². The fraction of sp³-hybridized carbons (Fsp3) is 0.125. The maximum Gasteiger partial charge on any atom is 0.266 e. The van der Waals surface area contributed by atoms with Crippen LogP contribution in [-0.4, -0.2) is 14.5 Å². The van der Waals surface area contributed by atoms with Crippen LogP contribution in [0, 0.1) is 0 Å². The van der Waals surface area contributed by atoms with Crippen molar-refractivity contribution in [3.05, 3.63) is 32.4 Å². The molecule has 2 aromatic rings. The molecular weight excluding hydrogens is 269 g/mol. The van der Waals surface area contributed by atoms with Crippen LogP contribution in [0.5, 0.6) is 0 Å². The quantitative estimate of drug-likeness (QED) is 0.688. The van der Waals surface area contributed by atoms with Crippen molar-refractivity contribution in [3.8, 4) is 0 Å². The van der Waals surface area contributed by atoms with Crippen LogP contribution in [0.15, 0.2) is 21.5 Å². The fourth-order valence-electron chi connectivity index (χ4n) is 1.19. The number of aromatic nitrogens is 3. The van der Waals surface area contributed by atoms with Gasteiger partial charge in [0.05, 0.1) is 4.47 Å². The van der Waals surface area contributed by atoms with E-state index >= 15 is 0 Å². The van der Waals surface area contributed by atoms with Crippen molar-refractivity contribution in [2.75, 3.05) is 0 Å². The van der Waals surface area contributed by atoms with Gasteiger partial charge in [0.25, 0.3) is 5.56 Å². The first-order valence-electron chi connectivity index (χ1n) is 3.77. The second-order valence-electron chi connectivity index (χ2n) is 2.77. The molecule has 0 saturated carbocycles. The predicted molar refractivity (Wildman–Crippen MR) is 57.5 cm³/mol. The van der Waals surface area contributed by atoms with Crippen molar-refractivity contribution in [1.29, 1.82) is 0 Å². The number of hydrogen-bond donors (Lipinski definition) is 0. The molecule has 0 spiro atoms. The highest BCUT2D eigenvalue weighted by Crippen LogP contribution is 2.14. The maximum atomic E-state index is 11.5. The largest absolute Gasteiger partial charge is 0.295 e. The Morgan fingerprint density at radius 2 is 2.29 bits per heavy atom. The van der Waals surface area contributed by atoms with Gasteiger partial charge in [-0.3, -0.25) is 9.36 Å². The van der Waals surface area contributed by atoms with Crippen LogP contribution in [0.3, 0.4) is 0 Å². The molecule has 0 aliphatic carbocycles. The molecule has 6 heteroatoms. The highest BCUT2D eigenvalue weighted by molar-refractivity contribution is 9.10. The van der Waals surface area contributed by atoms with E-state index in [1.807, 2.05) is 0 Å². The van der Waals surface area contributed by atoms with E-state index in [0.29, 0.717) is 10.1 Å². The van der Waals surface area contributed by atoms with E-state index in [1.54, 1.807) is 19.3 Å². The third kappa shape index (κ3) is 1.42. The molecule has 72 valence electrons. The molecular formula is C8H5BrClN3O. The molecule has 0 N–H and O–H groups in total. The molecule has 2 rings (SSSR count). The molecule has 2 aromatic heterocycles. The summed E-state index contributed by atoms with van der Waals surface area (Å²) in [6.45, 7) is 0. The number of nitrogens with zero attached hydrogens (tertiary/aromatic N) is 3. The van der Waals surface area contributed by atoms with Crippen molar-refractivity contribution < 1.29 is 0 Å². The Morgan fingerprint density at radius 3 is 3.00 bits per heavy atom. The van der Waals surface area contributed by atoms with Crippen molar-refractivity contribution >= 4 is 38.6 Å². The van der Waals surface area contributed by atoms with Crippen LogP contribution in [0.25, 0.3) is 11.0 Å². The van der Waals surface area contributed by atoms with Gasteiger partial charge >= 0.3 is 0 Å². The highest BCUT2D eigenvalue weighted by Gasteiger charge is 2.06. The normalized spacial score (nSPS) is 10.8. The second-order valence-corrected chi connectivity index (χ2v) is 3.97. The Bertz CT molecular complexity index is 566. The first-order chi connectivity index (χ1) is 6.59. The van der Waals surface area contributed by atoms with Crippen LogP contribution in [0.1, 0.15) is 0 Å². The zero-order valence-corrected chi connectivity index (χ0v) is 9.50. The Balaban J connectivity index is 2.99. The van der Waals surface area contributed by atoms with Gasteiger partial charge in [-0.25, -0.2) is 4.98 Å². The molecule has 0 amide bonds. The van der Waals surface area contributed by atoms with Gasteiger partial charge in [0, 0.05) is 18.6 Å². The summed E-state index contributed by atoms with van der Waals surface area (Å²) >= 11 is 8.80. The molecule has 14 heavy (non-hydrogen) atoms. The summed E-state index contributed by atoms with van der Waals surface area (Å²) in [6, 6.07) is 1.67. The van der Waals surface area contributed by atoms with Crippen LogP contribution in [0.2, 0.25) is 5.28 Å². The smallest absolute Gasteiger partial charge is 0.266 e. The fourth-order valence-corrected chi connectivity index (χ4v) is 1.83. The van der Waals surface area contributed by atoms with E-state index in [-0.39, 0.29) is 10.8 Å². The average Bonchev–Trinajstić information content (AvgIpc) is 2.16. The third-order valence-electron chi connectivity index (χ3n) is 1.88. The van der Waals surface area contributed by atoms with Gasteiger partial charge in [-0.15, -0.1) is 0 Å². The lowest BCUT2D eigenvalue weighted by Crippen LogP contribution is -2.18. The van der Waals surface area contributed by atoms with Crippen LogP contribution in [0.4, 0.5) is 0 Å². The molecule has 0 radical (unpaired) electrons. The van der Waals surface area contributed by atoms with Gasteiger partial charge < -0.3 is 0 Å². The minimum atomic E-state index is -0.146. The van der Waals surface area contributed by atoms with Crippen molar-refractivity contribution in [2.45, 2.75) is 0 Å².